The molecule has 4 rings (SSSR count). The highest BCUT2D eigenvalue weighted by Gasteiger charge is 2.28. The Balaban J connectivity index is 1.45. The minimum absolute atomic E-state index is 0.158. The number of aromatic nitrogens is 1. The highest BCUT2D eigenvalue weighted by Crippen LogP contribution is 2.31. The monoisotopic (exact) mass is 372 g/mol. The van der Waals surface area contributed by atoms with Crippen LogP contribution in [0, 0.1) is 0 Å². The first-order valence-electron chi connectivity index (χ1n) is 9.27. The molecule has 0 radical (unpaired) electrons. The molecule has 0 unspecified atom stereocenters. The summed E-state index contributed by atoms with van der Waals surface area (Å²) in [6.45, 7) is 0.502. The molecule has 0 saturated heterocycles. The van der Waals surface area contributed by atoms with Crippen molar-refractivity contribution in [3.8, 4) is 0 Å². The Kier molecular flexibility index (Phi) is 5.15. The Morgan fingerprint density at radius 1 is 1.07 bits per heavy atom. The minimum Gasteiger partial charge on any atom is -0.454 e. The molecule has 2 heterocycles. The predicted octanol–water partition coefficient (Wildman–Crippen LogP) is 3.51. The standard InChI is InChI=1S/C23H20N2O3/c26-22(25-13-11-19-8-4-5-12-24-19)17-9-10-20-18(14-17)15-21(28-23(20)27)16-6-2-1-3-7-16/h1-10,12,14,21H,11,13,15H2,(H,25,26)/t21-/m1/s1. The summed E-state index contributed by atoms with van der Waals surface area (Å²) in [5.74, 6) is -0.508. The molecule has 1 aliphatic rings. The van der Waals surface area contributed by atoms with Crippen molar-refractivity contribution in [1.29, 1.82) is 0 Å². The summed E-state index contributed by atoms with van der Waals surface area (Å²) in [4.78, 5) is 29.1. The van der Waals surface area contributed by atoms with E-state index in [1.165, 1.54) is 0 Å². The second-order valence-electron chi connectivity index (χ2n) is 6.71. The van der Waals surface area contributed by atoms with Crippen LogP contribution in [0.2, 0.25) is 0 Å². The number of fused-ring (bicyclic) bond motifs is 1. The van der Waals surface area contributed by atoms with Crippen molar-refractivity contribution in [3.05, 3.63) is 101 Å². The van der Waals surface area contributed by atoms with Crippen LogP contribution in [0.15, 0.2) is 72.9 Å². The highest BCUT2D eigenvalue weighted by molar-refractivity contribution is 5.97. The predicted molar refractivity (Wildman–Crippen MR) is 105 cm³/mol. The maximum atomic E-state index is 12.5. The van der Waals surface area contributed by atoms with E-state index in [2.05, 4.69) is 10.3 Å². The van der Waals surface area contributed by atoms with Gasteiger partial charge in [0, 0.05) is 36.8 Å². The number of hydrogen-bond donors (Lipinski definition) is 1. The Labute approximate surface area is 163 Å². The molecule has 3 aromatic rings. The van der Waals surface area contributed by atoms with Crippen LogP contribution >= 0.6 is 0 Å². The summed E-state index contributed by atoms with van der Waals surface area (Å²) in [7, 11) is 0. The molecule has 28 heavy (non-hydrogen) atoms. The van der Waals surface area contributed by atoms with Crippen LogP contribution in [-0.2, 0) is 17.6 Å². The van der Waals surface area contributed by atoms with Crippen molar-refractivity contribution in [2.75, 3.05) is 6.54 Å². The van der Waals surface area contributed by atoms with E-state index < -0.39 is 0 Å². The van der Waals surface area contributed by atoms with Gasteiger partial charge in [-0.25, -0.2) is 4.79 Å². The second kappa shape index (κ2) is 8.05. The van der Waals surface area contributed by atoms with E-state index in [0.717, 1.165) is 16.8 Å². The van der Waals surface area contributed by atoms with Gasteiger partial charge < -0.3 is 10.1 Å². The molecule has 1 aromatic heterocycles. The Morgan fingerprint density at radius 2 is 1.89 bits per heavy atom. The lowest BCUT2D eigenvalue weighted by Gasteiger charge is -2.25. The van der Waals surface area contributed by atoms with Gasteiger partial charge in [-0.2, -0.15) is 0 Å². The van der Waals surface area contributed by atoms with Crippen LogP contribution in [-0.4, -0.2) is 23.4 Å². The second-order valence-corrected chi connectivity index (χ2v) is 6.71. The number of carbonyl (C=O) groups excluding carboxylic acids is 2. The van der Waals surface area contributed by atoms with Crippen molar-refractivity contribution < 1.29 is 14.3 Å². The van der Waals surface area contributed by atoms with Gasteiger partial charge in [0.15, 0.2) is 0 Å². The average molecular weight is 372 g/mol. The lowest BCUT2D eigenvalue weighted by Crippen LogP contribution is -2.27. The number of rotatable bonds is 5. The first-order chi connectivity index (χ1) is 13.7. The normalized spacial score (nSPS) is 15.4. The number of amides is 1. The zero-order valence-electron chi connectivity index (χ0n) is 15.3. The van der Waals surface area contributed by atoms with E-state index in [1.54, 1.807) is 24.4 Å². The maximum absolute atomic E-state index is 12.5. The van der Waals surface area contributed by atoms with Gasteiger partial charge in [-0.1, -0.05) is 36.4 Å². The van der Waals surface area contributed by atoms with Crippen LogP contribution in [0.4, 0.5) is 0 Å². The summed E-state index contributed by atoms with van der Waals surface area (Å²) in [5.41, 5.74) is 3.79. The van der Waals surface area contributed by atoms with E-state index in [1.807, 2.05) is 48.5 Å². The van der Waals surface area contributed by atoms with Gasteiger partial charge >= 0.3 is 5.97 Å². The molecule has 0 saturated carbocycles. The number of pyridine rings is 1. The number of nitrogens with one attached hydrogen (secondary N) is 1. The smallest absolute Gasteiger partial charge is 0.339 e. The molecule has 1 aliphatic heterocycles. The first-order valence-corrected chi connectivity index (χ1v) is 9.27. The maximum Gasteiger partial charge on any atom is 0.339 e. The quantitative estimate of drug-likeness (QED) is 0.696. The molecular weight excluding hydrogens is 352 g/mol. The molecule has 0 fully saturated rings. The number of benzene rings is 2. The molecule has 1 amide bonds. The molecule has 1 N–H and O–H groups in total. The van der Waals surface area contributed by atoms with Crippen molar-refractivity contribution in [2.45, 2.75) is 18.9 Å². The van der Waals surface area contributed by atoms with Gasteiger partial charge in [-0.3, -0.25) is 9.78 Å². The third-order valence-corrected chi connectivity index (χ3v) is 4.81. The van der Waals surface area contributed by atoms with Crippen molar-refractivity contribution >= 4 is 11.9 Å². The first kappa shape index (κ1) is 17.9. The summed E-state index contributed by atoms with van der Waals surface area (Å²) < 4.78 is 5.57. The van der Waals surface area contributed by atoms with Gasteiger partial charge in [0.2, 0.25) is 0 Å². The van der Waals surface area contributed by atoms with Crippen molar-refractivity contribution in [3.63, 3.8) is 0 Å². The van der Waals surface area contributed by atoms with Crippen LogP contribution in [0.5, 0.6) is 0 Å². The van der Waals surface area contributed by atoms with E-state index in [4.69, 9.17) is 4.74 Å². The molecule has 0 spiro atoms. The molecule has 0 bridgehead atoms. The highest BCUT2D eigenvalue weighted by atomic mass is 16.5. The largest absolute Gasteiger partial charge is 0.454 e. The number of ether oxygens (including phenoxy) is 1. The van der Waals surface area contributed by atoms with Gasteiger partial charge in [-0.05, 0) is 41.5 Å². The fourth-order valence-electron chi connectivity index (χ4n) is 3.34. The molecular formula is C23H20N2O3. The van der Waals surface area contributed by atoms with E-state index >= 15 is 0 Å². The Morgan fingerprint density at radius 3 is 2.68 bits per heavy atom. The van der Waals surface area contributed by atoms with Gasteiger partial charge in [0.05, 0.1) is 5.56 Å². The molecule has 140 valence electrons. The van der Waals surface area contributed by atoms with Gasteiger partial charge in [0.1, 0.15) is 6.10 Å². The molecule has 0 aliphatic carbocycles. The summed E-state index contributed by atoms with van der Waals surface area (Å²) >= 11 is 0. The van der Waals surface area contributed by atoms with Crippen LogP contribution in [0.25, 0.3) is 0 Å². The van der Waals surface area contributed by atoms with Gasteiger partial charge in [0.25, 0.3) is 5.91 Å². The lowest BCUT2D eigenvalue weighted by atomic mass is 9.93. The summed E-state index contributed by atoms with van der Waals surface area (Å²) in [6, 6.07) is 20.5. The molecule has 1 atom stereocenters. The molecule has 5 nitrogen and oxygen atoms in total. The third kappa shape index (κ3) is 3.93. The van der Waals surface area contributed by atoms with Crippen molar-refractivity contribution in [2.24, 2.45) is 0 Å². The van der Waals surface area contributed by atoms with E-state index in [-0.39, 0.29) is 18.0 Å². The zero-order valence-corrected chi connectivity index (χ0v) is 15.3. The number of esters is 1. The summed E-state index contributed by atoms with van der Waals surface area (Å²) in [5, 5.41) is 2.91. The lowest BCUT2D eigenvalue weighted by molar-refractivity contribution is 0.0252. The summed E-state index contributed by atoms with van der Waals surface area (Å²) in [6.07, 6.45) is 2.63. The zero-order chi connectivity index (χ0) is 19.3. The fourth-order valence-corrected chi connectivity index (χ4v) is 3.34. The molecule has 2 aromatic carbocycles. The number of hydrogen-bond acceptors (Lipinski definition) is 4. The fraction of sp³-hybridized carbons (Fsp3) is 0.174. The van der Waals surface area contributed by atoms with Crippen LogP contribution in [0.3, 0.4) is 0 Å². The number of carbonyl (C=O) groups is 2. The number of nitrogens with zero attached hydrogens (tertiary/aromatic N) is 1. The Bertz CT molecular complexity index is 987. The van der Waals surface area contributed by atoms with Crippen molar-refractivity contribution in [1.82, 2.24) is 10.3 Å². The molecule has 5 heteroatoms. The Hall–Kier alpha value is -3.47. The van der Waals surface area contributed by atoms with Crippen LogP contribution < -0.4 is 5.32 Å². The van der Waals surface area contributed by atoms with Crippen LogP contribution in [0.1, 0.15) is 43.6 Å². The van der Waals surface area contributed by atoms with E-state index in [0.29, 0.717) is 30.5 Å². The van der Waals surface area contributed by atoms with Gasteiger partial charge in [-0.15, -0.1) is 0 Å². The average Bonchev–Trinajstić information content (AvgIpc) is 2.74. The minimum atomic E-state index is -0.350. The third-order valence-electron chi connectivity index (χ3n) is 4.81. The number of cyclic esters (lactones) is 1. The van der Waals surface area contributed by atoms with E-state index in [9.17, 15) is 9.59 Å². The topological polar surface area (TPSA) is 68.3 Å². The SMILES string of the molecule is O=C(NCCc1ccccn1)c1ccc2c(c1)C[C@H](c1ccccc1)OC2=O.